The number of carbonyl (C=O) groups excluding carboxylic acids is 1. The molecule has 1 saturated heterocycles. The van der Waals surface area contributed by atoms with Gasteiger partial charge < -0.3 is 14.1 Å². The van der Waals surface area contributed by atoms with Crippen LogP contribution in [0.15, 0.2) is 41.1 Å². The van der Waals surface area contributed by atoms with E-state index in [2.05, 4.69) is 20.5 Å². The molecule has 1 aliphatic heterocycles. The first-order chi connectivity index (χ1) is 12.2. The largest absolute Gasteiger partial charge is 0.423 e. The maximum atomic E-state index is 12.9. The monoisotopic (exact) mass is 340 g/mol. The number of hydrogen-bond donors (Lipinski definition) is 0. The second-order valence-corrected chi connectivity index (χ2v) is 5.64. The van der Waals surface area contributed by atoms with Crippen LogP contribution in [0, 0.1) is 6.92 Å². The van der Waals surface area contributed by atoms with Crippen LogP contribution >= 0.6 is 0 Å². The van der Waals surface area contributed by atoms with Gasteiger partial charge in [0.25, 0.3) is 5.91 Å². The summed E-state index contributed by atoms with van der Waals surface area (Å²) >= 11 is 0. The smallest absolute Gasteiger partial charge is 0.254 e. The van der Waals surface area contributed by atoms with E-state index in [1.54, 1.807) is 41.0 Å². The minimum absolute atomic E-state index is 0.103. The number of amides is 1. The Bertz CT molecular complexity index is 858. The summed E-state index contributed by atoms with van der Waals surface area (Å²) < 4.78 is 12.6. The Kier molecular flexibility index (Phi) is 3.98. The summed E-state index contributed by atoms with van der Waals surface area (Å²) in [4.78, 5) is 14.6. The first-order valence-electron chi connectivity index (χ1n) is 7.88. The summed E-state index contributed by atoms with van der Waals surface area (Å²) in [5.74, 6) is 0.754. The summed E-state index contributed by atoms with van der Waals surface area (Å²) in [6.45, 7) is 3.00. The van der Waals surface area contributed by atoms with Gasteiger partial charge >= 0.3 is 0 Å². The van der Waals surface area contributed by atoms with Crippen LogP contribution in [0.2, 0.25) is 0 Å². The Morgan fingerprint density at radius 2 is 2.08 bits per heavy atom. The van der Waals surface area contributed by atoms with E-state index in [4.69, 9.17) is 9.15 Å². The molecule has 0 spiro atoms. The lowest BCUT2D eigenvalue weighted by Gasteiger charge is -2.33. The van der Waals surface area contributed by atoms with E-state index < -0.39 is 0 Å². The normalized spacial score (nSPS) is 17.6. The van der Waals surface area contributed by atoms with Crippen molar-refractivity contribution in [1.29, 1.82) is 0 Å². The lowest BCUT2D eigenvalue weighted by atomic mass is 10.1. The van der Waals surface area contributed by atoms with Crippen molar-refractivity contribution in [2.24, 2.45) is 0 Å². The number of carbonyl (C=O) groups is 1. The quantitative estimate of drug-likeness (QED) is 0.705. The zero-order valence-electron chi connectivity index (χ0n) is 13.6. The van der Waals surface area contributed by atoms with Gasteiger partial charge in [0, 0.05) is 19.0 Å². The molecule has 2 aromatic heterocycles. The molecule has 25 heavy (non-hydrogen) atoms. The van der Waals surface area contributed by atoms with Crippen LogP contribution in [-0.2, 0) is 4.74 Å². The number of hydrogen-bond acceptors (Lipinski definition) is 7. The highest BCUT2D eigenvalue weighted by Gasteiger charge is 2.33. The Morgan fingerprint density at radius 3 is 2.76 bits per heavy atom. The zero-order valence-corrected chi connectivity index (χ0v) is 13.6. The Hall–Kier alpha value is -3.07. The topological polar surface area (TPSA) is 99.2 Å². The Labute approximate surface area is 143 Å². The summed E-state index contributed by atoms with van der Waals surface area (Å²) in [6.07, 6.45) is 3.34. The van der Waals surface area contributed by atoms with Crippen molar-refractivity contribution in [3.63, 3.8) is 0 Å². The highest BCUT2D eigenvalue weighted by atomic mass is 16.5. The van der Waals surface area contributed by atoms with Gasteiger partial charge in [-0.05, 0) is 24.3 Å². The number of aromatic nitrogens is 5. The fourth-order valence-corrected chi connectivity index (χ4v) is 2.77. The van der Waals surface area contributed by atoms with Crippen molar-refractivity contribution in [1.82, 2.24) is 30.1 Å². The predicted octanol–water partition coefficient (Wildman–Crippen LogP) is 1.17. The molecule has 1 fully saturated rings. The third-order valence-corrected chi connectivity index (χ3v) is 4.02. The fourth-order valence-electron chi connectivity index (χ4n) is 2.77. The van der Waals surface area contributed by atoms with Crippen molar-refractivity contribution in [3.05, 3.63) is 54.0 Å². The summed E-state index contributed by atoms with van der Waals surface area (Å²) in [7, 11) is 0. The van der Waals surface area contributed by atoms with Crippen molar-refractivity contribution >= 4 is 5.91 Å². The molecule has 128 valence electrons. The van der Waals surface area contributed by atoms with E-state index in [0.29, 0.717) is 37.1 Å². The molecule has 1 unspecified atom stereocenters. The van der Waals surface area contributed by atoms with E-state index in [1.807, 2.05) is 12.1 Å². The average molecular weight is 340 g/mol. The highest BCUT2D eigenvalue weighted by molar-refractivity contribution is 5.94. The lowest BCUT2D eigenvalue weighted by Crippen LogP contribution is -2.43. The molecular weight excluding hydrogens is 324 g/mol. The highest BCUT2D eigenvalue weighted by Crippen LogP contribution is 2.25. The molecule has 3 aromatic rings. The molecule has 9 nitrogen and oxygen atoms in total. The maximum absolute atomic E-state index is 12.9. The number of benzene rings is 1. The van der Waals surface area contributed by atoms with Gasteiger partial charge in [-0.3, -0.25) is 4.79 Å². The van der Waals surface area contributed by atoms with E-state index in [-0.39, 0.29) is 11.9 Å². The van der Waals surface area contributed by atoms with Crippen LogP contribution in [0.3, 0.4) is 0 Å². The second-order valence-electron chi connectivity index (χ2n) is 5.64. The minimum Gasteiger partial charge on any atom is -0.423 e. The van der Waals surface area contributed by atoms with Crippen molar-refractivity contribution in [3.8, 4) is 5.69 Å². The first kappa shape index (κ1) is 15.5. The van der Waals surface area contributed by atoms with Crippen LogP contribution in [0.5, 0.6) is 0 Å². The standard InChI is InChI=1S/C16H16N6O3/c1-11-18-19-15(25-11)14-10-24-9-8-21(14)16(23)12-2-4-13(5-3-12)22-7-6-17-20-22/h2-7,14H,8-10H2,1H3. The molecule has 1 aliphatic rings. The molecule has 1 aromatic carbocycles. The van der Waals surface area contributed by atoms with Crippen LogP contribution in [0.1, 0.15) is 28.2 Å². The summed E-state index contributed by atoms with van der Waals surface area (Å²) in [5, 5.41) is 15.6. The molecule has 0 aliphatic carbocycles. The third kappa shape index (κ3) is 3.01. The number of rotatable bonds is 3. The van der Waals surface area contributed by atoms with Gasteiger partial charge in [0.2, 0.25) is 11.8 Å². The van der Waals surface area contributed by atoms with Crippen molar-refractivity contribution in [2.45, 2.75) is 13.0 Å². The van der Waals surface area contributed by atoms with Gasteiger partial charge in [0.05, 0.1) is 31.3 Å². The van der Waals surface area contributed by atoms with Crippen LogP contribution < -0.4 is 0 Å². The Morgan fingerprint density at radius 1 is 1.24 bits per heavy atom. The summed E-state index contributed by atoms with van der Waals surface area (Å²) in [5.41, 5.74) is 1.41. The molecular formula is C16H16N6O3. The van der Waals surface area contributed by atoms with Crippen LogP contribution in [0.25, 0.3) is 5.69 Å². The molecule has 0 N–H and O–H groups in total. The predicted molar refractivity (Wildman–Crippen MR) is 85.0 cm³/mol. The minimum atomic E-state index is -0.377. The van der Waals surface area contributed by atoms with Crippen LogP contribution in [-0.4, -0.2) is 55.8 Å². The number of morpholine rings is 1. The van der Waals surface area contributed by atoms with E-state index in [9.17, 15) is 4.79 Å². The van der Waals surface area contributed by atoms with Gasteiger partial charge in [-0.1, -0.05) is 5.21 Å². The zero-order chi connectivity index (χ0) is 17.2. The molecule has 0 radical (unpaired) electrons. The van der Waals surface area contributed by atoms with Crippen molar-refractivity contribution < 1.29 is 13.9 Å². The van der Waals surface area contributed by atoms with Crippen molar-refractivity contribution in [2.75, 3.05) is 19.8 Å². The molecule has 1 atom stereocenters. The van der Waals surface area contributed by atoms with Gasteiger partial charge in [0.1, 0.15) is 6.04 Å². The first-order valence-corrected chi connectivity index (χ1v) is 7.88. The summed E-state index contributed by atoms with van der Waals surface area (Å²) in [6, 6.07) is 6.82. The second kappa shape index (κ2) is 6.44. The van der Waals surface area contributed by atoms with E-state index >= 15 is 0 Å². The lowest BCUT2D eigenvalue weighted by molar-refractivity contribution is -0.0106. The van der Waals surface area contributed by atoms with E-state index in [0.717, 1.165) is 5.69 Å². The number of ether oxygens (including phenoxy) is 1. The van der Waals surface area contributed by atoms with Gasteiger partial charge in [-0.2, -0.15) is 0 Å². The van der Waals surface area contributed by atoms with Gasteiger partial charge in [-0.25, -0.2) is 4.68 Å². The maximum Gasteiger partial charge on any atom is 0.254 e. The molecule has 9 heteroatoms. The van der Waals surface area contributed by atoms with Crippen LogP contribution in [0.4, 0.5) is 0 Å². The van der Waals surface area contributed by atoms with Gasteiger partial charge in [-0.15, -0.1) is 15.3 Å². The number of nitrogens with zero attached hydrogens (tertiary/aromatic N) is 6. The molecule has 0 bridgehead atoms. The molecule has 4 rings (SSSR count). The Balaban J connectivity index is 1.58. The fraction of sp³-hybridized carbons (Fsp3) is 0.312. The number of aryl methyl sites for hydroxylation is 1. The molecule has 3 heterocycles. The SMILES string of the molecule is Cc1nnc(C2COCCN2C(=O)c2ccc(-n3ccnn3)cc2)o1. The molecule has 0 saturated carbocycles. The van der Waals surface area contributed by atoms with E-state index in [1.165, 1.54) is 0 Å². The third-order valence-electron chi connectivity index (χ3n) is 4.02. The molecule has 1 amide bonds. The van der Waals surface area contributed by atoms with Gasteiger partial charge in [0.15, 0.2) is 0 Å². The average Bonchev–Trinajstić information content (AvgIpc) is 3.33.